The topological polar surface area (TPSA) is 21.1 Å². The highest BCUT2D eigenvalue weighted by atomic mass is 79.9. The van der Waals surface area contributed by atoms with Gasteiger partial charge in [-0.3, -0.25) is 0 Å². The minimum absolute atomic E-state index is 0.530. The SMILES string of the molecule is C[C@@]12C[NH2+]C[C@](C)(C[NH+](Cc3ccccc3Br)C1)C2. The summed E-state index contributed by atoms with van der Waals surface area (Å²) in [6.07, 6.45) is 1.41. The molecule has 2 aliphatic rings. The molecule has 2 aliphatic heterocycles. The number of fused-ring (bicyclic) bond motifs is 2. The van der Waals surface area contributed by atoms with Gasteiger partial charge in [0.15, 0.2) is 0 Å². The molecule has 2 heterocycles. The molecule has 2 nitrogen and oxygen atoms in total. The van der Waals surface area contributed by atoms with Crippen LogP contribution in [0.3, 0.4) is 0 Å². The summed E-state index contributed by atoms with van der Waals surface area (Å²) >= 11 is 3.69. The number of quaternary nitrogens is 2. The number of hydrogen-bond acceptors (Lipinski definition) is 0. The summed E-state index contributed by atoms with van der Waals surface area (Å²) < 4.78 is 1.26. The van der Waals surface area contributed by atoms with Gasteiger partial charge in [0, 0.05) is 10.0 Å². The van der Waals surface area contributed by atoms with Crippen LogP contribution in [0, 0.1) is 10.8 Å². The Bertz CT molecular complexity index is 458. The zero-order valence-corrected chi connectivity index (χ0v) is 13.6. The lowest BCUT2D eigenvalue weighted by molar-refractivity contribution is -0.945. The summed E-state index contributed by atoms with van der Waals surface area (Å²) in [5.74, 6) is 0. The first-order valence-corrected chi connectivity index (χ1v) is 8.16. The van der Waals surface area contributed by atoms with Crippen LogP contribution in [0.1, 0.15) is 25.8 Å². The predicted octanol–water partition coefficient (Wildman–Crippen LogP) is 0.827. The smallest absolute Gasteiger partial charge is 0.104 e. The van der Waals surface area contributed by atoms with Crippen LogP contribution in [0.4, 0.5) is 0 Å². The van der Waals surface area contributed by atoms with Crippen molar-refractivity contribution >= 4 is 15.9 Å². The van der Waals surface area contributed by atoms with Gasteiger partial charge in [-0.05, 0) is 26.3 Å². The van der Waals surface area contributed by atoms with E-state index < -0.39 is 0 Å². The molecule has 19 heavy (non-hydrogen) atoms. The molecule has 2 saturated heterocycles. The molecule has 0 spiro atoms. The largest absolute Gasteiger partial charge is 0.345 e. The molecule has 0 aliphatic carbocycles. The van der Waals surface area contributed by atoms with Crippen molar-refractivity contribution in [1.29, 1.82) is 0 Å². The highest BCUT2D eigenvalue weighted by Gasteiger charge is 2.50. The maximum Gasteiger partial charge on any atom is 0.104 e. The van der Waals surface area contributed by atoms with Crippen molar-refractivity contribution in [3.63, 3.8) is 0 Å². The quantitative estimate of drug-likeness (QED) is 0.804. The fraction of sp³-hybridized carbons (Fsp3) is 0.625. The Morgan fingerprint density at radius 1 is 1.16 bits per heavy atom. The van der Waals surface area contributed by atoms with Crippen LogP contribution < -0.4 is 10.2 Å². The lowest BCUT2D eigenvalue weighted by atomic mass is 9.66. The van der Waals surface area contributed by atoms with E-state index in [1.165, 1.54) is 42.6 Å². The van der Waals surface area contributed by atoms with Gasteiger partial charge in [0.25, 0.3) is 0 Å². The molecule has 1 aromatic rings. The van der Waals surface area contributed by atoms with Crippen molar-refractivity contribution in [3.8, 4) is 0 Å². The normalized spacial score (nSPS) is 38.2. The van der Waals surface area contributed by atoms with Gasteiger partial charge in [0.1, 0.15) is 6.54 Å². The third-order valence-corrected chi connectivity index (χ3v) is 5.65. The van der Waals surface area contributed by atoms with Crippen molar-refractivity contribution < 1.29 is 10.2 Å². The molecule has 2 atom stereocenters. The number of nitrogens with one attached hydrogen (secondary N) is 1. The summed E-state index contributed by atoms with van der Waals surface area (Å²) in [5, 5.41) is 2.54. The lowest BCUT2D eigenvalue weighted by Gasteiger charge is -2.49. The first-order valence-electron chi connectivity index (χ1n) is 7.37. The zero-order valence-electron chi connectivity index (χ0n) is 12.0. The Balaban J connectivity index is 1.77. The van der Waals surface area contributed by atoms with Crippen LogP contribution in [0.25, 0.3) is 0 Å². The molecule has 0 amide bonds. The first-order chi connectivity index (χ1) is 8.98. The van der Waals surface area contributed by atoms with Crippen LogP contribution >= 0.6 is 15.9 Å². The minimum atomic E-state index is 0.530. The molecule has 104 valence electrons. The van der Waals surface area contributed by atoms with Crippen LogP contribution in [0.2, 0.25) is 0 Å². The highest BCUT2D eigenvalue weighted by molar-refractivity contribution is 9.10. The van der Waals surface area contributed by atoms with Gasteiger partial charge >= 0.3 is 0 Å². The number of hydrogen-bond donors (Lipinski definition) is 2. The Hall–Kier alpha value is -0.380. The van der Waals surface area contributed by atoms with Gasteiger partial charge in [-0.25, -0.2) is 0 Å². The summed E-state index contributed by atoms with van der Waals surface area (Å²) in [6.45, 7) is 11.4. The lowest BCUT2D eigenvalue weighted by Crippen LogP contribution is -3.17. The second kappa shape index (κ2) is 4.87. The molecular weight excluding hydrogens is 300 g/mol. The Morgan fingerprint density at radius 3 is 2.42 bits per heavy atom. The van der Waals surface area contributed by atoms with E-state index in [0.717, 1.165) is 6.54 Å². The van der Waals surface area contributed by atoms with Gasteiger partial charge in [0.2, 0.25) is 0 Å². The highest BCUT2D eigenvalue weighted by Crippen LogP contribution is 2.35. The number of rotatable bonds is 2. The zero-order chi connectivity index (χ0) is 13.5. The van der Waals surface area contributed by atoms with Gasteiger partial charge in [0.05, 0.1) is 37.0 Å². The average molecular weight is 325 g/mol. The predicted molar refractivity (Wildman–Crippen MR) is 81.0 cm³/mol. The van der Waals surface area contributed by atoms with E-state index in [0.29, 0.717) is 10.8 Å². The fourth-order valence-corrected chi connectivity index (χ4v) is 4.94. The molecule has 2 bridgehead atoms. The van der Waals surface area contributed by atoms with E-state index in [-0.39, 0.29) is 0 Å². The van der Waals surface area contributed by atoms with E-state index in [1.807, 2.05) is 0 Å². The molecule has 1 aromatic carbocycles. The molecule has 0 unspecified atom stereocenters. The average Bonchev–Trinajstić information content (AvgIpc) is 2.29. The van der Waals surface area contributed by atoms with Crippen LogP contribution in [0.5, 0.6) is 0 Å². The van der Waals surface area contributed by atoms with Crippen molar-refractivity contribution in [3.05, 3.63) is 34.3 Å². The molecule has 3 rings (SSSR count). The van der Waals surface area contributed by atoms with Gasteiger partial charge in [-0.1, -0.05) is 34.1 Å². The molecule has 0 aromatic heterocycles. The number of nitrogens with two attached hydrogens (primary N) is 1. The van der Waals surface area contributed by atoms with E-state index in [9.17, 15) is 0 Å². The second-order valence-electron chi connectivity index (χ2n) is 7.37. The summed E-state index contributed by atoms with van der Waals surface area (Å²) in [6, 6.07) is 8.68. The van der Waals surface area contributed by atoms with Crippen molar-refractivity contribution in [2.75, 3.05) is 26.2 Å². The van der Waals surface area contributed by atoms with Crippen LogP contribution in [0.15, 0.2) is 28.7 Å². The standard InChI is InChI=1S/C16H23BrN2/c1-15-8-16(2,10-18-9-15)12-19(11-15)7-13-5-3-4-6-14(13)17/h3-6,18H,7-12H2,1-2H3/p+2/t15-,16-/m1/s1. The fourth-order valence-electron chi connectivity index (χ4n) is 4.52. The van der Waals surface area contributed by atoms with Crippen molar-refractivity contribution in [2.45, 2.75) is 26.8 Å². The molecular formula is C16H25BrN2+2. The molecule has 3 heteroatoms. The first kappa shape index (κ1) is 13.6. The summed E-state index contributed by atoms with van der Waals surface area (Å²) in [5.41, 5.74) is 2.51. The molecule has 3 N–H and O–H groups in total. The van der Waals surface area contributed by atoms with E-state index in [2.05, 4.69) is 59.4 Å². The van der Waals surface area contributed by atoms with Crippen molar-refractivity contribution in [1.82, 2.24) is 0 Å². The third-order valence-electron chi connectivity index (χ3n) is 4.88. The summed E-state index contributed by atoms with van der Waals surface area (Å²) in [4.78, 5) is 1.76. The van der Waals surface area contributed by atoms with Crippen LogP contribution in [-0.2, 0) is 6.54 Å². The maximum absolute atomic E-state index is 3.69. The third kappa shape index (κ3) is 2.88. The second-order valence-corrected chi connectivity index (χ2v) is 8.22. The Morgan fingerprint density at radius 2 is 1.79 bits per heavy atom. The molecule has 0 radical (unpaired) electrons. The number of piperidine rings is 2. The molecule has 0 saturated carbocycles. The minimum Gasteiger partial charge on any atom is -0.345 e. The van der Waals surface area contributed by atoms with E-state index in [4.69, 9.17) is 0 Å². The maximum atomic E-state index is 3.69. The number of benzene rings is 1. The Labute approximate surface area is 124 Å². The van der Waals surface area contributed by atoms with E-state index >= 15 is 0 Å². The Kier molecular flexibility index (Phi) is 3.48. The molecule has 2 fully saturated rings. The van der Waals surface area contributed by atoms with E-state index in [1.54, 1.807) is 4.90 Å². The van der Waals surface area contributed by atoms with Gasteiger partial charge in [-0.15, -0.1) is 0 Å². The van der Waals surface area contributed by atoms with Gasteiger partial charge in [-0.2, -0.15) is 0 Å². The summed E-state index contributed by atoms with van der Waals surface area (Å²) in [7, 11) is 0. The van der Waals surface area contributed by atoms with Crippen molar-refractivity contribution in [2.24, 2.45) is 10.8 Å². The van der Waals surface area contributed by atoms with Crippen LogP contribution in [-0.4, -0.2) is 26.2 Å². The van der Waals surface area contributed by atoms with Gasteiger partial charge < -0.3 is 10.2 Å². The number of likely N-dealkylation sites (tertiary alicyclic amines) is 1. The number of halogens is 1. The monoisotopic (exact) mass is 324 g/mol.